The van der Waals surface area contributed by atoms with Crippen molar-refractivity contribution in [2.45, 2.75) is 10.8 Å². The number of hydrogen-bond donors (Lipinski definition) is 2. The fraction of sp³-hybridized carbons (Fsp3) is 0.400. The highest BCUT2D eigenvalue weighted by atomic mass is 32.2. The second kappa shape index (κ2) is 4.27. The maximum Gasteiger partial charge on any atom is 0.304 e. The molecular weight excluding hydrogens is 198 g/mol. The SMILES string of the molecule is Nc1nnc(SCCC(=O)O)s1. The van der Waals surface area contributed by atoms with Crippen molar-refractivity contribution in [1.29, 1.82) is 0 Å². The molecule has 0 aliphatic carbocycles. The molecule has 1 rings (SSSR count). The van der Waals surface area contributed by atoms with Gasteiger partial charge in [-0.25, -0.2) is 0 Å². The van der Waals surface area contributed by atoms with Gasteiger partial charge in [0.2, 0.25) is 5.13 Å². The Labute approximate surface area is 77.0 Å². The predicted molar refractivity (Wildman–Crippen MR) is 47.3 cm³/mol. The third-order valence-electron chi connectivity index (χ3n) is 0.964. The number of aliphatic carboxylic acids is 1. The first-order valence-corrected chi connectivity index (χ1v) is 4.92. The maximum atomic E-state index is 10.1. The minimum Gasteiger partial charge on any atom is -0.481 e. The van der Waals surface area contributed by atoms with Crippen LogP contribution >= 0.6 is 23.1 Å². The van der Waals surface area contributed by atoms with Crippen molar-refractivity contribution in [3.63, 3.8) is 0 Å². The maximum absolute atomic E-state index is 10.1. The molecule has 3 N–H and O–H groups in total. The van der Waals surface area contributed by atoms with Crippen LogP contribution in [0.3, 0.4) is 0 Å². The smallest absolute Gasteiger partial charge is 0.304 e. The largest absolute Gasteiger partial charge is 0.481 e. The molecule has 0 spiro atoms. The summed E-state index contributed by atoms with van der Waals surface area (Å²) in [7, 11) is 0. The number of nitrogen functional groups attached to an aromatic ring is 1. The van der Waals surface area contributed by atoms with Crippen molar-refractivity contribution < 1.29 is 9.90 Å². The zero-order chi connectivity index (χ0) is 8.97. The van der Waals surface area contributed by atoms with Crippen molar-refractivity contribution in [3.05, 3.63) is 0 Å². The highest BCUT2D eigenvalue weighted by Gasteiger charge is 2.02. The molecular formula is C5H7N3O2S2. The minimum atomic E-state index is -0.806. The highest BCUT2D eigenvalue weighted by molar-refractivity contribution is 8.01. The van der Waals surface area contributed by atoms with Crippen LogP contribution in [-0.2, 0) is 4.79 Å². The van der Waals surface area contributed by atoms with Gasteiger partial charge in [0.05, 0.1) is 6.42 Å². The molecule has 1 heterocycles. The summed E-state index contributed by atoms with van der Waals surface area (Å²) in [6.07, 6.45) is 0.129. The molecule has 0 saturated heterocycles. The van der Waals surface area contributed by atoms with Crippen LogP contribution in [0.1, 0.15) is 6.42 Å². The Morgan fingerprint density at radius 3 is 2.92 bits per heavy atom. The molecule has 0 aromatic carbocycles. The normalized spacial score (nSPS) is 10.0. The Bertz CT molecular complexity index is 275. The first kappa shape index (κ1) is 9.27. The Morgan fingerprint density at radius 2 is 2.42 bits per heavy atom. The molecule has 0 bridgehead atoms. The monoisotopic (exact) mass is 205 g/mol. The molecule has 0 atom stereocenters. The van der Waals surface area contributed by atoms with Gasteiger partial charge in [-0.2, -0.15) is 0 Å². The average molecular weight is 205 g/mol. The lowest BCUT2D eigenvalue weighted by Gasteiger charge is -1.90. The number of rotatable bonds is 4. The van der Waals surface area contributed by atoms with E-state index in [0.717, 1.165) is 0 Å². The fourth-order valence-electron chi connectivity index (χ4n) is 0.504. The van der Waals surface area contributed by atoms with E-state index in [1.54, 1.807) is 0 Å². The summed E-state index contributed by atoms with van der Waals surface area (Å²) in [6.45, 7) is 0. The van der Waals surface area contributed by atoms with Crippen molar-refractivity contribution >= 4 is 34.2 Å². The van der Waals surface area contributed by atoms with E-state index in [4.69, 9.17) is 10.8 Å². The lowest BCUT2D eigenvalue weighted by molar-refractivity contribution is -0.136. The van der Waals surface area contributed by atoms with Crippen molar-refractivity contribution in [1.82, 2.24) is 10.2 Å². The fourth-order valence-corrected chi connectivity index (χ4v) is 2.14. The summed E-state index contributed by atoms with van der Waals surface area (Å²) in [6, 6.07) is 0. The second-order valence-electron chi connectivity index (χ2n) is 1.90. The van der Waals surface area contributed by atoms with E-state index < -0.39 is 5.97 Å². The van der Waals surface area contributed by atoms with E-state index in [-0.39, 0.29) is 6.42 Å². The summed E-state index contributed by atoms with van der Waals surface area (Å²) < 4.78 is 0.716. The Morgan fingerprint density at radius 1 is 1.67 bits per heavy atom. The summed E-state index contributed by atoms with van der Waals surface area (Å²) in [5.74, 6) is -0.302. The topological polar surface area (TPSA) is 89.1 Å². The van der Waals surface area contributed by atoms with Gasteiger partial charge in [0.25, 0.3) is 0 Å². The number of thioether (sulfide) groups is 1. The number of aromatic nitrogens is 2. The molecule has 0 saturated carbocycles. The third kappa shape index (κ3) is 3.05. The zero-order valence-electron chi connectivity index (χ0n) is 6.06. The summed E-state index contributed by atoms with van der Waals surface area (Å²) >= 11 is 2.62. The highest BCUT2D eigenvalue weighted by Crippen LogP contribution is 2.23. The standard InChI is InChI=1S/C5H7N3O2S2/c6-4-7-8-5(12-4)11-2-1-3(9)10/h1-2H2,(H2,6,7)(H,9,10). The van der Waals surface area contributed by atoms with Gasteiger partial charge >= 0.3 is 5.97 Å². The number of nitrogens with zero attached hydrogens (tertiary/aromatic N) is 2. The molecule has 0 unspecified atom stereocenters. The number of anilines is 1. The Kier molecular flexibility index (Phi) is 3.30. The number of carboxylic acids is 1. The van der Waals surface area contributed by atoms with Gasteiger partial charge in [-0.15, -0.1) is 10.2 Å². The number of hydrogen-bond acceptors (Lipinski definition) is 6. The van der Waals surface area contributed by atoms with Gasteiger partial charge in [0.15, 0.2) is 4.34 Å². The summed E-state index contributed by atoms with van der Waals surface area (Å²) in [4.78, 5) is 10.1. The van der Waals surface area contributed by atoms with Gasteiger partial charge in [-0.3, -0.25) is 4.79 Å². The van der Waals surface area contributed by atoms with Crippen LogP contribution in [0.25, 0.3) is 0 Å². The molecule has 12 heavy (non-hydrogen) atoms. The van der Waals surface area contributed by atoms with E-state index in [2.05, 4.69) is 10.2 Å². The van der Waals surface area contributed by atoms with Gasteiger partial charge in [0.1, 0.15) is 0 Å². The van der Waals surface area contributed by atoms with Gasteiger partial charge in [0, 0.05) is 5.75 Å². The van der Waals surface area contributed by atoms with Crippen molar-refractivity contribution in [3.8, 4) is 0 Å². The molecule has 1 aromatic heterocycles. The second-order valence-corrected chi connectivity index (χ2v) is 4.25. The van der Waals surface area contributed by atoms with Crippen LogP contribution in [0, 0.1) is 0 Å². The number of nitrogens with two attached hydrogens (primary N) is 1. The lowest BCUT2D eigenvalue weighted by atomic mass is 10.5. The number of carbonyl (C=O) groups is 1. The van der Waals surface area contributed by atoms with Crippen molar-refractivity contribution in [2.75, 3.05) is 11.5 Å². The van der Waals surface area contributed by atoms with E-state index >= 15 is 0 Å². The Hall–Kier alpha value is -0.820. The molecule has 0 aliphatic heterocycles. The molecule has 0 aliphatic rings. The van der Waals surface area contributed by atoms with E-state index in [0.29, 0.717) is 15.2 Å². The Balaban J connectivity index is 2.29. The minimum absolute atomic E-state index is 0.129. The first-order valence-electron chi connectivity index (χ1n) is 3.12. The third-order valence-corrected chi connectivity index (χ3v) is 2.85. The molecule has 0 amide bonds. The molecule has 0 fully saturated rings. The van der Waals surface area contributed by atoms with Gasteiger partial charge < -0.3 is 10.8 Å². The van der Waals surface area contributed by atoms with Gasteiger partial charge in [-0.05, 0) is 0 Å². The molecule has 66 valence electrons. The van der Waals surface area contributed by atoms with Crippen molar-refractivity contribution in [2.24, 2.45) is 0 Å². The average Bonchev–Trinajstić information content (AvgIpc) is 2.35. The molecule has 5 nitrogen and oxygen atoms in total. The number of carboxylic acid groups (broad SMARTS) is 1. The van der Waals surface area contributed by atoms with E-state index in [9.17, 15) is 4.79 Å². The van der Waals surface area contributed by atoms with Crippen LogP contribution in [0.5, 0.6) is 0 Å². The predicted octanol–water partition coefficient (Wildman–Crippen LogP) is 0.687. The van der Waals surface area contributed by atoms with Crippen LogP contribution < -0.4 is 5.73 Å². The molecule has 0 radical (unpaired) electrons. The van der Waals surface area contributed by atoms with Crippen LogP contribution in [0.2, 0.25) is 0 Å². The molecule has 1 aromatic rings. The van der Waals surface area contributed by atoms with Crippen LogP contribution in [0.4, 0.5) is 5.13 Å². The lowest BCUT2D eigenvalue weighted by Crippen LogP contribution is -1.95. The van der Waals surface area contributed by atoms with E-state index in [1.165, 1.54) is 23.1 Å². The van der Waals surface area contributed by atoms with E-state index in [1.807, 2.05) is 0 Å². The summed E-state index contributed by atoms with van der Waals surface area (Å²) in [5.41, 5.74) is 5.33. The zero-order valence-corrected chi connectivity index (χ0v) is 7.69. The van der Waals surface area contributed by atoms with Gasteiger partial charge in [-0.1, -0.05) is 23.1 Å². The quantitative estimate of drug-likeness (QED) is 0.703. The van der Waals surface area contributed by atoms with Crippen LogP contribution in [0.15, 0.2) is 4.34 Å². The molecule has 7 heteroatoms. The first-order chi connectivity index (χ1) is 5.68. The van der Waals surface area contributed by atoms with Crippen LogP contribution in [-0.4, -0.2) is 27.0 Å². The summed E-state index contributed by atoms with van der Waals surface area (Å²) in [5, 5.41) is 16.1.